The molecule has 0 aliphatic rings. The first-order valence-corrected chi connectivity index (χ1v) is 8.81. The second-order valence-corrected chi connectivity index (χ2v) is 6.28. The van der Waals surface area contributed by atoms with Gasteiger partial charge < -0.3 is 25.4 Å². The molecule has 1 amide bonds. The first-order valence-electron chi connectivity index (χ1n) is 8.81. The van der Waals surface area contributed by atoms with Crippen LogP contribution in [0.25, 0.3) is 0 Å². The number of carboxylic acid groups (broad SMARTS) is 3. The highest BCUT2D eigenvalue weighted by atomic mass is 16.5. The molecule has 0 aliphatic heterocycles. The predicted octanol–water partition coefficient (Wildman–Crippen LogP) is 0.691. The topological polar surface area (TPSA) is 181 Å². The Morgan fingerprint density at radius 1 is 1.07 bits per heavy atom. The van der Waals surface area contributed by atoms with Gasteiger partial charge in [0, 0.05) is 19.0 Å². The van der Waals surface area contributed by atoms with Crippen molar-refractivity contribution in [3.05, 3.63) is 47.8 Å². The average molecular weight is 420 g/mol. The van der Waals surface area contributed by atoms with E-state index in [2.05, 4.69) is 15.6 Å². The van der Waals surface area contributed by atoms with E-state index in [0.29, 0.717) is 0 Å². The lowest BCUT2D eigenvalue weighted by Gasteiger charge is -2.13. The molecule has 2 atom stereocenters. The van der Waals surface area contributed by atoms with Gasteiger partial charge in [0.25, 0.3) is 0 Å². The average Bonchev–Trinajstić information content (AvgIpc) is 3.14. The van der Waals surface area contributed by atoms with Gasteiger partial charge in [0.15, 0.2) is 6.04 Å². The number of nitrogens with zero attached hydrogens (tertiary/aromatic N) is 3. The van der Waals surface area contributed by atoms with E-state index in [1.807, 2.05) is 0 Å². The van der Waals surface area contributed by atoms with Gasteiger partial charge in [-0.3, -0.25) is 4.79 Å². The largest absolute Gasteiger partial charge is 0.481 e. The van der Waals surface area contributed by atoms with Gasteiger partial charge in [-0.15, -0.1) is 5.10 Å². The number of benzene rings is 1. The molecule has 2 aromatic rings. The molecule has 160 valence electrons. The summed E-state index contributed by atoms with van der Waals surface area (Å²) < 4.78 is 5.94. The first-order chi connectivity index (χ1) is 14.3. The number of ether oxygens (including phenoxy) is 1. The summed E-state index contributed by atoms with van der Waals surface area (Å²) in [5.74, 6) is -3.81. The van der Waals surface area contributed by atoms with Crippen molar-refractivity contribution < 1.29 is 39.2 Å². The molecule has 0 bridgehead atoms. The molecule has 0 fully saturated rings. The monoisotopic (exact) mass is 420 g/mol. The van der Waals surface area contributed by atoms with Crippen LogP contribution in [-0.2, 0) is 32.1 Å². The van der Waals surface area contributed by atoms with Crippen molar-refractivity contribution in [3.8, 4) is 0 Å². The molecule has 0 saturated heterocycles. The minimum Gasteiger partial charge on any atom is -0.481 e. The van der Waals surface area contributed by atoms with Crippen molar-refractivity contribution in [1.29, 1.82) is 0 Å². The van der Waals surface area contributed by atoms with Crippen LogP contribution < -0.4 is 5.32 Å². The molecule has 12 heteroatoms. The summed E-state index contributed by atoms with van der Waals surface area (Å²) in [6.45, 7) is -0.0426. The molecule has 1 aromatic heterocycles. The SMILES string of the molecule is O=C(O)CCC(C(=O)O)n1cc(CC(NC(=O)OCc2ccccc2)C(=O)O)nn1. The first kappa shape index (κ1) is 22.3. The summed E-state index contributed by atoms with van der Waals surface area (Å²) in [6, 6.07) is 6.15. The minimum absolute atomic E-state index is 0.0426. The number of aliphatic carboxylic acids is 3. The molecular weight excluding hydrogens is 400 g/mol. The quantitative estimate of drug-likeness (QED) is 0.404. The number of amides is 1. The van der Waals surface area contributed by atoms with E-state index >= 15 is 0 Å². The van der Waals surface area contributed by atoms with Gasteiger partial charge in [-0.05, 0) is 12.0 Å². The highest BCUT2D eigenvalue weighted by Crippen LogP contribution is 2.14. The molecule has 4 N–H and O–H groups in total. The van der Waals surface area contributed by atoms with Crippen molar-refractivity contribution >= 4 is 24.0 Å². The van der Waals surface area contributed by atoms with Crippen molar-refractivity contribution in [1.82, 2.24) is 20.3 Å². The number of rotatable bonds is 11. The highest BCUT2D eigenvalue weighted by Gasteiger charge is 2.26. The molecule has 2 rings (SSSR count). The maximum atomic E-state index is 11.9. The number of nitrogens with one attached hydrogen (secondary N) is 1. The van der Waals surface area contributed by atoms with Crippen molar-refractivity contribution in [2.45, 2.75) is 38.0 Å². The normalized spacial score (nSPS) is 12.5. The van der Waals surface area contributed by atoms with E-state index in [0.717, 1.165) is 10.2 Å². The Balaban J connectivity index is 1.97. The van der Waals surface area contributed by atoms with Gasteiger partial charge in [-0.25, -0.2) is 19.1 Å². The third-order valence-corrected chi connectivity index (χ3v) is 4.01. The zero-order valence-electron chi connectivity index (χ0n) is 15.7. The second-order valence-electron chi connectivity index (χ2n) is 6.28. The molecule has 1 aromatic carbocycles. The molecule has 0 radical (unpaired) electrons. The zero-order valence-corrected chi connectivity index (χ0v) is 15.7. The number of hydrogen-bond donors (Lipinski definition) is 4. The molecule has 30 heavy (non-hydrogen) atoms. The van der Waals surface area contributed by atoms with Gasteiger partial charge in [0.2, 0.25) is 0 Å². The third kappa shape index (κ3) is 6.89. The molecule has 12 nitrogen and oxygen atoms in total. The lowest BCUT2D eigenvalue weighted by atomic mass is 10.1. The van der Waals surface area contributed by atoms with E-state index in [1.54, 1.807) is 30.3 Å². The number of carbonyl (C=O) groups excluding carboxylic acids is 1. The fraction of sp³-hybridized carbons (Fsp3) is 0.333. The van der Waals surface area contributed by atoms with E-state index in [9.17, 15) is 29.4 Å². The molecule has 0 saturated carbocycles. The van der Waals surface area contributed by atoms with Gasteiger partial charge in [-0.2, -0.15) is 0 Å². The molecule has 0 aliphatic carbocycles. The van der Waals surface area contributed by atoms with Gasteiger partial charge >= 0.3 is 24.0 Å². The summed E-state index contributed by atoms with van der Waals surface area (Å²) in [4.78, 5) is 45.4. The Morgan fingerprint density at radius 2 is 1.77 bits per heavy atom. The van der Waals surface area contributed by atoms with Crippen LogP contribution in [0.3, 0.4) is 0 Å². The van der Waals surface area contributed by atoms with Gasteiger partial charge in [0.05, 0.1) is 5.69 Å². The smallest absolute Gasteiger partial charge is 0.408 e. The van der Waals surface area contributed by atoms with Crippen LogP contribution in [0.1, 0.15) is 30.1 Å². The Labute approximate surface area is 170 Å². The lowest BCUT2D eigenvalue weighted by Crippen LogP contribution is -2.42. The maximum absolute atomic E-state index is 11.9. The number of hydrogen-bond acceptors (Lipinski definition) is 7. The predicted molar refractivity (Wildman–Crippen MR) is 98.5 cm³/mol. The van der Waals surface area contributed by atoms with Crippen LogP contribution >= 0.6 is 0 Å². The molecule has 0 spiro atoms. The van der Waals surface area contributed by atoms with Crippen LogP contribution in [0.4, 0.5) is 4.79 Å². The highest BCUT2D eigenvalue weighted by molar-refractivity contribution is 5.80. The van der Waals surface area contributed by atoms with Crippen molar-refractivity contribution in [3.63, 3.8) is 0 Å². The summed E-state index contributed by atoms with van der Waals surface area (Å²) in [5.41, 5.74) is 0.830. The summed E-state index contributed by atoms with van der Waals surface area (Å²) in [7, 11) is 0. The Kier molecular flexibility index (Phi) is 7.85. The van der Waals surface area contributed by atoms with Crippen LogP contribution in [0.5, 0.6) is 0 Å². The Bertz CT molecular complexity index is 899. The summed E-state index contributed by atoms with van der Waals surface area (Å²) in [5, 5.41) is 36.9. The zero-order chi connectivity index (χ0) is 22.1. The van der Waals surface area contributed by atoms with Crippen LogP contribution in [0.15, 0.2) is 36.5 Å². The molecular formula is C18H20N4O8. The standard InChI is InChI=1S/C18H20N4O8/c23-15(24)7-6-14(17(27)28)22-9-12(20-21-22)8-13(16(25)26)19-18(29)30-10-11-4-2-1-3-5-11/h1-5,9,13-14H,6-8,10H2,(H,19,29)(H,23,24)(H,25,26)(H,27,28). The number of carboxylic acids is 3. The van der Waals surface area contributed by atoms with Crippen molar-refractivity contribution in [2.75, 3.05) is 0 Å². The minimum atomic E-state index is -1.39. The Hall–Kier alpha value is -3.96. The van der Waals surface area contributed by atoms with Gasteiger partial charge in [-0.1, -0.05) is 35.5 Å². The maximum Gasteiger partial charge on any atom is 0.408 e. The number of aromatic nitrogens is 3. The molecule has 2 unspecified atom stereocenters. The Morgan fingerprint density at radius 3 is 2.37 bits per heavy atom. The number of alkyl carbamates (subject to hydrolysis) is 1. The van der Waals surface area contributed by atoms with Crippen LogP contribution in [0, 0.1) is 0 Å². The second kappa shape index (κ2) is 10.5. The fourth-order valence-electron chi connectivity index (χ4n) is 2.50. The lowest BCUT2D eigenvalue weighted by molar-refractivity contribution is -0.143. The van der Waals surface area contributed by atoms with Crippen LogP contribution in [-0.4, -0.2) is 60.4 Å². The van der Waals surface area contributed by atoms with Crippen LogP contribution in [0.2, 0.25) is 0 Å². The fourth-order valence-corrected chi connectivity index (χ4v) is 2.50. The van der Waals surface area contributed by atoms with E-state index in [4.69, 9.17) is 9.84 Å². The molecule has 1 heterocycles. The van der Waals surface area contributed by atoms with Crippen molar-refractivity contribution in [2.24, 2.45) is 0 Å². The summed E-state index contributed by atoms with van der Waals surface area (Å²) in [6.07, 6.45) is -0.628. The van der Waals surface area contributed by atoms with E-state index in [1.165, 1.54) is 6.20 Å². The van der Waals surface area contributed by atoms with E-state index < -0.39 is 42.5 Å². The third-order valence-electron chi connectivity index (χ3n) is 4.01. The van der Waals surface area contributed by atoms with Gasteiger partial charge in [0.1, 0.15) is 12.6 Å². The number of carbonyl (C=O) groups is 4. The van der Waals surface area contributed by atoms with E-state index in [-0.39, 0.29) is 25.1 Å². The summed E-state index contributed by atoms with van der Waals surface area (Å²) >= 11 is 0.